The van der Waals surface area contributed by atoms with Gasteiger partial charge < -0.3 is 0 Å². The smallest absolute Gasteiger partial charge is 0.290 e. The molecule has 0 aliphatic rings. The maximum atomic E-state index is 11.4. The van der Waals surface area contributed by atoms with Gasteiger partial charge in [0.15, 0.2) is 0 Å². The first kappa shape index (κ1) is 12.2. The molecule has 0 aromatic rings. The second-order valence-electron chi connectivity index (χ2n) is 2.39. The van der Waals surface area contributed by atoms with Crippen LogP contribution in [-0.2, 0) is 4.79 Å². The zero-order valence-corrected chi connectivity index (χ0v) is 6.30. The number of carbonyl (C=O) groups is 1. The maximum absolute atomic E-state index is 11.4. The lowest BCUT2D eigenvalue weighted by atomic mass is 10.2. The minimum absolute atomic E-state index is 0.818. The van der Waals surface area contributed by atoms with Crippen molar-refractivity contribution in [1.82, 2.24) is 0 Å². The Kier molecular flexibility index (Phi) is 3.74. The first-order valence-electron chi connectivity index (χ1n) is 3.30. The highest BCUT2D eigenvalue weighted by Gasteiger charge is 2.38. The Hall–Kier alpha value is -0.750. The molecule has 0 N–H and O–H groups in total. The fourth-order valence-electron chi connectivity index (χ4n) is 0.591. The topological polar surface area (TPSA) is 17.1 Å². The molecule has 0 unspecified atom stereocenters. The largest absolute Gasteiger partial charge is 0.449 e. The summed E-state index contributed by atoms with van der Waals surface area (Å²) in [5.74, 6) is -2.11. The molecular formula is C6H6F6O. The summed E-state index contributed by atoms with van der Waals surface area (Å²) < 4.78 is 68.5. The predicted molar refractivity (Wildman–Crippen MR) is 31.0 cm³/mol. The molecule has 0 aromatic carbocycles. The molecule has 13 heavy (non-hydrogen) atoms. The molecule has 0 aliphatic carbocycles. The van der Waals surface area contributed by atoms with Gasteiger partial charge in [-0.25, -0.2) is 0 Å². The highest BCUT2D eigenvalue weighted by Crippen LogP contribution is 2.25. The van der Waals surface area contributed by atoms with Gasteiger partial charge in [-0.1, -0.05) is 0 Å². The molecule has 0 saturated carbocycles. The van der Waals surface area contributed by atoms with E-state index < -0.39 is 37.4 Å². The SMILES string of the molecule is O=C(CCCC(F)(F)F)C(F)(F)F. The number of carbonyl (C=O) groups excluding carboxylic acids is 1. The van der Waals surface area contributed by atoms with Gasteiger partial charge in [0.05, 0.1) is 0 Å². The Morgan fingerprint density at radius 3 is 1.77 bits per heavy atom. The van der Waals surface area contributed by atoms with E-state index >= 15 is 0 Å². The monoisotopic (exact) mass is 208 g/mol. The van der Waals surface area contributed by atoms with E-state index in [0.29, 0.717) is 0 Å². The molecular weight excluding hydrogens is 202 g/mol. The van der Waals surface area contributed by atoms with Crippen LogP contribution in [0, 0.1) is 0 Å². The molecule has 0 amide bonds. The minimum Gasteiger partial charge on any atom is -0.290 e. The van der Waals surface area contributed by atoms with Crippen LogP contribution in [0.25, 0.3) is 0 Å². The highest BCUT2D eigenvalue weighted by atomic mass is 19.4. The van der Waals surface area contributed by atoms with Gasteiger partial charge in [-0.2, -0.15) is 26.3 Å². The molecule has 0 radical (unpaired) electrons. The fraction of sp³-hybridized carbons (Fsp3) is 0.833. The van der Waals surface area contributed by atoms with Crippen LogP contribution in [0.2, 0.25) is 0 Å². The number of halogens is 6. The van der Waals surface area contributed by atoms with E-state index in [1.54, 1.807) is 0 Å². The van der Waals surface area contributed by atoms with Crippen LogP contribution in [0.1, 0.15) is 19.3 Å². The van der Waals surface area contributed by atoms with Crippen molar-refractivity contribution in [2.75, 3.05) is 0 Å². The summed E-state index contributed by atoms with van der Waals surface area (Å²) in [4.78, 5) is 10.1. The molecule has 0 spiro atoms. The number of hydrogen-bond donors (Lipinski definition) is 0. The summed E-state index contributed by atoms with van der Waals surface area (Å²) in [7, 11) is 0. The summed E-state index contributed by atoms with van der Waals surface area (Å²) >= 11 is 0. The van der Waals surface area contributed by atoms with Gasteiger partial charge in [0.1, 0.15) is 0 Å². The third-order valence-electron chi connectivity index (χ3n) is 1.18. The first-order valence-corrected chi connectivity index (χ1v) is 3.30. The van der Waals surface area contributed by atoms with Crippen molar-refractivity contribution in [1.29, 1.82) is 0 Å². The number of ketones is 1. The van der Waals surface area contributed by atoms with Gasteiger partial charge in [-0.15, -0.1) is 0 Å². The van der Waals surface area contributed by atoms with Crippen LogP contribution in [0.4, 0.5) is 26.3 Å². The van der Waals surface area contributed by atoms with Crippen molar-refractivity contribution >= 4 is 5.78 Å². The number of hydrogen-bond acceptors (Lipinski definition) is 1. The molecule has 0 aliphatic heterocycles. The lowest BCUT2D eigenvalue weighted by Gasteiger charge is -2.06. The van der Waals surface area contributed by atoms with Gasteiger partial charge in [-0.05, 0) is 6.42 Å². The van der Waals surface area contributed by atoms with E-state index in [1.165, 1.54) is 0 Å². The number of Topliss-reactive ketones (excluding diaryl/α,β-unsaturated/α-hetero) is 1. The van der Waals surface area contributed by atoms with E-state index in [9.17, 15) is 31.1 Å². The van der Waals surface area contributed by atoms with Crippen molar-refractivity contribution in [2.45, 2.75) is 31.6 Å². The summed E-state index contributed by atoms with van der Waals surface area (Å²) in [6.07, 6.45) is -12.8. The van der Waals surface area contributed by atoms with Crippen LogP contribution in [0.3, 0.4) is 0 Å². The van der Waals surface area contributed by atoms with Crippen LogP contribution < -0.4 is 0 Å². The lowest BCUT2D eigenvalue weighted by molar-refractivity contribution is -0.172. The molecule has 0 heterocycles. The molecule has 0 aromatic heterocycles. The van der Waals surface area contributed by atoms with E-state index in [1.807, 2.05) is 0 Å². The summed E-state index contributed by atoms with van der Waals surface area (Å²) in [5, 5.41) is 0. The van der Waals surface area contributed by atoms with Gasteiger partial charge in [0, 0.05) is 12.8 Å². The summed E-state index contributed by atoms with van der Waals surface area (Å²) in [5.41, 5.74) is 0. The molecule has 0 atom stereocenters. The average Bonchev–Trinajstić information content (AvgIpc) is 1.82. The molecule has 7 heteroatoms. The van der Waals surface area contributed by atoms with E-state index in [0.717, 1.165) is 0 Å². The molecule has 0 bridgehead atoms. The van der Waals surface area contributed by atoms with Gasteiger partial charge in [0.2, 0.25) is 5.78 Å². The Morgan fingerprint density at radius 2 is 1.46 bits per heavy atom. The second-order valence-corrected chi connectivity index (χ2v) is 2.39. The molecule has 0 saturated heterocycles. The van der Waals surface area contributed by atoms with Crippen LogP contribution in [0.5, 0.6) is 0 Å². The zero-order valence-electron chi connectivity index (χ0n) is 6.30. The van der Waals surface area contributed by atoms with Crippen LogP contribution in [0.15, 0.2) is 0 Å². The first-order chi connectivity index (χ1) is 5.63. The van der Waals surface area contributed by atoms with Crippen LogP contribution in [-0.4, -0.2) is 18.1 Å². The Morgan fingerprint density at radius 1 is 1.00 bits per heavy atom. The van der Waals surface area contributed by atoms with Crippen molar-refractivity contribution in [2.24, 2.45) is 0 Å². The third kappa shape index (κ3) is 6.41. The highest BCUT2D eigenvalue weighted by molar-refractivity contribution is 5.83. The van der Waals surface area contributed by atoms with E-state index in [4.69, 9.17) is 0 Å². The van der Waals surface area contributed by atoms with Crippen molar-refractivity contribution in [3.05, 3.63) is 0 Å². The van der Waals surface area contributed by atoms with Crippen LogP contribution >= 0.6 is 0 Å². The second kappa shape index (κ2) is 3.97. The third-order valence-corrected chi connectivity index (χ3v) is 1.18. The van der Waals surface area contributed by atoms with Crippen molar-refractivity contribution < 1.29 is 31.1 Å². The molecule has 1 nitrogen and oxygen atoms in total. The Labute approximate surface area is 69.7 Å². The minimum atomic E-state index is -5.02. The number of rotatable bonds is 3. The maximum Gasteiger partial charge on any atom is 0.449 e. The molecule has 0 rings (SSSR count). The van der Waals surface area contributed by atoms with Crippen molar-refractivity contribution in [3.8, 4) is 0 Å². The zero-order chi connectivity index (χ0) is 10.7. The van der Waals surface area contributed by atoms with E-state index in [2.05, 4.69) is 0 Å². The Bertz CT molecular complexity index is 179. The van der Waals surface area contributed by atoms with Crippen molar-refractivity contribution in [3.63, 3.8) is 0 Å². The molecule has 0 fully saturated rings. The van der Waals surface area contributed by atoms with Gasteiger partial charge >= 0.3 is 12.4 Å². The van der Waals surface area contributed by atoms with E-state index in [-0.39, 0.29) is 0 Å². The standard InChI is InChI=1S/C6H6F6O/c7-5(8,9)3-1-2-4(13)6(10,11)12/h1-3H2. The Balaban J connectivity index is 3.74. The fourth-order valence-corrected chi connectivity index (χ4v) is 0.591. The quantitative estimate of drug-likeness (QED) is 0.651. The summed E-state index contributed by atoms with van der Waals surface area (Å²) in [6.45, 7) is 0. The average molecular weight is 208 g/mol. The predicted octanol–water partition coefficient (Wildman–Crippen LogP) is 2.85. The van der Waals surface area contributed by atoms with Gasteiger partial charge in [0.25, 0.3) is 0 Å². The normalized spacial score (nSPS) is 13.1. The number of alkyl halides is 6. The lowest BCUT2D eigenvalue weighted by Crippen LogP contribution is -2.22. The summed E-state index contributed by atoms with van der Waals surface area (Å²) in [6, 6.07) is 0. The molecule has 78 valence electrons. The van der Waals surface area contributed by atoms with Gasteiger partial charge in [-0.3, -0.25) is 4.79 Å².